The van der Waals surface area contributed by atoms with Crippen molar-refractivity contribution in [3.05, 3.63) is 0 Å². The molecule has 1 N–H and O–H groups in total. The van der Waals surface area contributed by atoms with Gasteiger partial charge >= 0.3 is 0 Å². The number of hydrogen-bond acceptors (Lipinski definition) is 3. The second-order valence-corrected chi connectivity index (χ2v) is 7.48. The van der Waals surface area contributed by atoms with Gasteiger partial charge in [-0.3, -0.25) is 4.79 Å². The Bertz CT molecular complexity index is 392. The summed E-state index contributed by atoms with van der Waals surface area (Å²) in [6, 6.07) is 0.402. The van der Waals surface area contributed by atoms with Gasteiger partial charge in [0.25, 0.3) is 0 Å². The number of piperidine rings is 1. The summed E-state index contributed by atoms with van der Waals surface area (Å²) in [5.41, 5.74) is 0.251. The molecule has 3 unspecified atom stereocenters. The van der Waals surface area contributed by atoms with Crippen LogP contribution in [-0.4, -0.2) is 49.7 Å². The molecule has 5 heteroatoms. The molecule has 1 aliphatic heterocycles. The summed E-state index contributed by atoms with van der Waals surface area (Å²) in [5, 5.41) is 3.37. The smallest absolute Gasteiger partial charge is 0.226 e. The minimum atomic E-state index is 0. The Labute approximate surface area is 147 Å². The molecule has 0 bridgehead atoms. The lowest BCUT2D eigenvalue weighted by atomic mass is 9.54. The van der Waals surface area contributed by atoms with E-state index in [2.05, 4.69) is 17.1 Å². The molecule has 134 valence electrons. The molecule has 3 rings (SSSR count). The maximum atomic E-state index is 12.9. The monoisotopic (exact) mass is 344 g/mol. The van der Waals surface area contributed by atoms with E-state index in [1.54, 1.807) is 0 Å². The number of carbonyl (C=O) groups excluding carboxylic acids is 1. The largest absolute Gasteiger partial charge is 0.378 e. The fraction of sp³-hybridized carbons (Fsp3) is 0.944. The topological polar surface area (TPSA) is 41.6 Å². The molecule has 0 aromatic carbocycles. The SMILES string of the molecule is CCOC1CC(N(C)C(=O)C2CCCNC2)C12CCCCC2.Cl. The number of halogens is 1. The number of rotatable bonds is 4. The van der Waals surface area contributed by atoms with Crippen molar-refractivity contribution in [2.45, 2.75) is 70.4 Å². The van der Waals surface area contributed by atoms with E-state index in [0.717, 1.165) is 39.0 Å². The Kier molecular flexibility index (Phi) is 6.76. The van der Waals surface area contributed by atoms with Crippen molar-refractivity contribution < 1.29 is 9.53 Å². The van der Waals surface area contributed by atoms with Crippen LogP contribution < -0.4 is 5.32 Å². The normalized spacial score (nSPS) is 32.7. The van der Waals surface area contributed by atoms with Gasteiger partial charge in [0.2, 0.25) is 5.91 Å². The van der Waals surface area contributed by atoms with Crippen molar-refractivity contribution in [1.29, 1.82) is 0 Å². The molecule has 1 heterocycles. The number of hydrogen-bond donors (Lipinski definition) is 1. The lowest BCUT2D eigenvalue weighted by Crippen LogP contribution is -2.66. The van der Waals surface area contributed by atoms with Crippen LogP contribution in [0.5, 0.6) is 0 Å². The average Bonchev–Trinajstić information content (AvgIpc) is 2.58. The highest BCUT2D eigenvalue weighted by Gasteiger charge is 2.58. The van der Waals surface area contributed by atoms with Crippen LogP contribution >= 0.6 is 12.4 Å². The molecule has 2 saturated carbocycles. The van der Waals surface area contributed by atoms with E-state index >= 15 is 0 Å². The number of amides is 1. The van der Waals surface area contributed by atoms with Crippen LogP contribution in [0.15, 0.2) is 0 Å². The van der Waals surface area contributed by atoms with Gasteiger partial charge in [0.15, 0.2) is 0 Å². The Morgan fingerprint density at radius 3 is 2.61 bits per heavy atom. The van der Waals surface area contributed by atoms with Crippen molar-refractivity contribution in [2.24, 2.45) is 11.3 Å². The third-order valence-corrected chi connectivity index (χ3v) is 6.36. The quantitative estimate of drug-likeness (QED) is 0.852. The van der Waals surface area contributed by atoms with E-state index in [-0.39, 0.29) is 23.7 Å². The van der Waals surface area contributed by atoms with Gasteiger partial charge in [-0.25, -0.2) is 0 Å². The molecule has 2 aliphatic carbocycles. The number of ether oxygens (including phenoxy) is 1. The second-order valence-electron chi connectivity index (χ2n) is 7.48. The van der Waals surface area contributed by atoms with Crippen LogP contribution in [0.1, 0.15) is 58.3 Å². The number of nitrogens with zero attached hydrogens (tertiary/aromatic N) is 1. The lowest BCUT2D eigenvalue weighted by molar-refractivity contribution is -0.187. The van der Waals surface area contributed by atoms with E-state index in [0.29, 0.717) is 18.1 Å². The molecule has 3 atom stereocenters. The summed E-state index contributed by atoms with van der Waals surface area (Å²) in [4.78, 5) is 15.0. The summed E-state index contributed by atoms with van der Waals surface area (Å²) in [6.07, 6.45) is 10.0. The predicted molar refractivity (Wildman–Crippen MR) is 94.9 cm³/mol. The molecule has 1 saturated heterocycles. The summed E-state index contributed by atoms with van der Waals surface area (Å²) < 4.78 is 6.03. The summed E-state index contributed by atoms with van der Waals surface area (Å²) in [7, 11) is 2.04. The molecule has 4 nitrogen and oxygen atoms in total. The van der Waals surface area contributed by atoms with E-state index in [9.17, 15) is 4.79 Å². The first-order valence-electron chi connectivity index (χ1n) is 9.28. The molecule has 23 heavy (non-hydrogen) atoms. The van der Waals surface area contributed by atoms with Crippen molar-refractivity contribution in [2.75, 3.05) is 26.7 Å². The second kappa shape index (κ2) is 8.17. The van der Waals surface area contributed by atoms with Gasteiger partial charge in [0.05, 0.1) is 12.0 Å². The van der Waals surface area contributed by atoms with E-state index < -0.39 is 0 Å². The number of carbonyl (C=O) groups is 1. The molecular formula is C18H33ClN2O2. The van der Waals surface area contributed by atoms with Crippen molar-refractivity contribution in [3.8, 4) is 0 Å². The average molecular weight is 345 g/mol. The van der Waals surface area contributed by atoms with Crippen LogP contribution in [-0.2, 0) is 9.53 Å². The summed E-state index contributed by atoms with van der Waals surface area (Å²) >= 11 is 0. The van der Waals surface area contributed by atoms with E-state index in [1.807, 2.05) is 7.05 Å². The maximum absolute atomic E-state index is 12.9. The minimum Gasteiger partial charge on any atom is -0.378 e. The number of nitrogens with one attached hydrogen (secondary N) is 1. The van der Waals surface area contributed by atoms with Gasteiger partial charge in [-0.2, -0.15) is 0 Å². The Morgan fingerprint density at radius 1 is 1.26 bits per heavy atom. The fourth-order valence-electron chi connectivity index (χ4n) is 5.07. The highest BCUT2D eigenvalue weighted by Crippen LogP contribution is 2.55. The Morgan fingerprint density at radius 2 is 2.00 bits per heavy atom. The lowest BCUT2D eigenvalue weighted by Gasteiger charge is -2.60. The van der Waals surface area contributed by atoms with E-state index in [4.69, 9.17) is 4.74 Å². The van der Waals surface area contributed by atoms with Gasteiger partial charge in [-0.1, -0.05) is 19.3 Å². The van der Waals surface area contributed by atoms with Crippen molar-refractivity contribution >= 4 is 18.3 Å². The van der Waals surface area contributed by atoms with E-state index in [1.165, 1.54) is 32.1 Å². The van der Waals surface area contributed by atoms with Crippen LogP contribution in [0, 0.1) is 11.3 Å². The van der Waals surface area contributed by atoms with Gasteiger partial charge in [0.1, 0.15) is 0 Å². The summed E-state index contributed by atoms with van der Waals surface area (Å²) in [6.45, 7) is 4.81. The van der Waals surface area contributed by atoms with Crippen LogP contribution in [0.4, 0.5) is 0 Å². The van der Waals surface area contributed by atoms with Gasteiger partial charge < -0.3 is 15.0 Å². The first-order chi connectivity index (χ1) is 10.7. The van der Waals surface area contributed by atoms with Crippen molar-refractivity contribution in [3.63, 3.8) is 0 Å². The first kappa shape index (κ1) is 19.0. The molecule has 1 spiro atoms. The summed E-state index contributed by atoms with van der Waals surface area (Å²) in [5.74, 6) is 0.544. The molecule has 3 aliphatic rings. The van der Waals surface area contributed by atoms with Gasteiger partial charge in [-0.05, 0) is 45.6 Å². The molecule has 0 aromatic heterocycles. The van der Waals surface area contributed by atoms with Crippen LogP contribution in [0.3, 0.4) is 0 Å². The zero-order valence-corrected chi connectivity index (χ0v) is 15.5. The molecule has 3 fully saturated rings. The van der Waals surface area contributed by atoms with Crippen LogP contribution in [0.25, 0.3) is 0 Å². The van der Waals surface area contributed by atoms with Gasteiger partial charge in [0, 0.05) is 31.7 Å². The Balaban J connectivity index is 0.00000192. The molecule has 0 radical (unpaired) electrons. The minimum absolute atomic E-state index is 0. The Hall–Kier alpha value is -0.320. The third kappa shape index (κ3) is 3.54. The predicted octanol–water partition coefficient (Wildman–Crippen LogP) is 2.99. The van der Waals surface area contributed by atoms with Crippen molar-refractivity contribution in [1.82, 2.24) is 10.2 Å². The first-order valence-corrected chi connectivity index (χ1v) is 9.28. The highest BCUT2D eigenvalue weighted by molar-refractivity contribution is 5.85. The molecular weight excluding hydrogens is 312 g/mol. The highest BCUT2D eigenvalue weighted by atomic mass is 35.5. The fourth-order valence-corrected chi connectivity index (χ4v) is 5.07. The van der Waals surface area contributed by atoms with Gasteiger partial charge in [-0.15, -0.1) is 12.4 Å². The molecule has 0 aromatic rings. The third-order valence-electron chi connectivity index (χ3n) is 6.36. The zero-order chi connectivity index (χ0) is 15.6. The maximum Gasteiger partial charge on any atom is 0.226 e. The standard InChI is InChI=1S/C18H32N2O2.ClH/c1-3-22-16-12-15(18(16)9-5-4-6-10-18)20(2)17(21)14-8-7-11-19-13-14;/h14-16,19H,3-13H2,1-2H3;1H. The van der Waals surface area contributed by atoms with Crippen LogP contribution in [0.2, 0.25) is 0 Å². The molecule has 1 amide bonds. The zero-order valence-electron chi connectivity index (χ0n) is 14.7.